The minimum absolute atomic E-state index is 0.0920. The van der Waals surface area contributed by atoms with E-state index in [1.807, 2.05) is 54.2 Å². The first-order chi connectivity index (χ1) is 11.7. The number of benzene rings is 1. The zero-order valence-electron chi connectivity index (χ0n) is 13.8. The summed E-state index contributed by atoms with van der Waals surface area (Å²) < 4.78 is 13.3. The molecule has 0 saturated carbocycles. The van der Waals surface area contributed by atoms with Gasteiger partial charge in [0.2, 0.25) is 0 Å². The van der Waals surface area contributed by atoms with Crippen molar-refractivity contribution in [3.8, 4) is 5.75 Å². The van der Waals surface area contributed by atoms with E-state index in [0.717, 1.165) is 30.9 Å². The number of aryl methyl sites for hydroxylation is 1. The van der Waals surface area contributed by atoms with Crippen molar-refractivity contribution in [1.29, 1.82) is 0 Å². The third-order valence-electron chi connectivity index (χ3n) is 3.95. The number of anilines is 1. The molecule has 1 aliphatic heterocycles. The summed E-state index contributed by atoms with van der Waals surface area (Å²) in [4.78, 5) is 12.0. The van der Waals surface area contributed by atoms with E-state index in [2.05, 4.69) is 10.6 Å². The van der Waals surface area contributed by atoms with Crippen LogP contribution in [0.3, 0.4) is 0 Å². The summed E-state index contributed by atoms with van der Waals surface area (Å²) in [6, 6.07) is 9.38. The van der Waals surface area contributed by atoms with Gasteiger partial charge in [-0.25, -0.2) is 4.79 Å². The Morgan fingerprint density at radius 1 is 1.38 bits per heavy atom. The van der Waals surface area contributed by atoms with Crippen LogP contribution in [-0.4, -0.2) is 36.5 Å². The van der Waals surface area contributed by atoms with Gasteiger partial charge in [-0.15, -0.1) is 0 Å². The smallest absolute Gasteiger partial charge is 0.319 e. The number of hydrogen-bond acceptors (Lipinski definition) is 3. The van der Waals surface area contributed by atoms with Crippen LogP contribution in [0.25, 0.3) is 0 Å². The van der Waals surface area contributed by atoms with Gasteiger partial charge in [-0.05, 0) is 30.7 Å². The van der Waals surface area contributed by atoms with Crippen LogP contribution >= 0.6 is 0 Å². The van der Waals surface area contributed by atoms with Crippen LogP contribution in [0, 0.1) is 6.92 Å². The molecule has 1 aromatic heterocycles. The van der Waals surface area contributed by atoms with Crippen LogP contribution in [0.5, 0.6) is 5.75 Å². The van der Waals surface area contributed by atoms with Gasteiger partial charge in [0.1, 0.15) is 11.9 Å². The predicted molar refractivity (Wildman–Crippen MR) is 92.5 cm³/mol. The average Bonchev–Trinajstić information content (AvgIpc) is 3.24. The van der Waals surface area contributed by atoms with Crippen LogP contribution in [0.2, 0.25) is 0 Å². The zero-order chi connectivity index (χ0) is 16.8. The highest BCUT2D eigenvalue weighted by molar-refractivity contribution is 5.89. The highest BCUT2D eigenvalue weighted by Gasteiger charge is 2.18. The molecular formula is C18H23N3O3. The molecule has 2 N–H and O–H groups in total. The van der Waals surface area contributed by atoms with Crippen molar-refractivity contribution in [3.05, 3.63) is 48.3 Å². The van der Waals surface area contributed by atoms with Crippen molar-refractivity contribution in [2.75, 3.05) is 25.1 Å². The molecule has 2 heterocycles. The zero-order valence-corrected chi connectivity index (χ0v) is 13.8. The molecule has 1 fully saturated rings. The van der Waals surface area contributed by atoms with Gasteiger partial charge in [0.15, 0.2) is 0 Å². The fourth-order valence-corrected chi connectivity index (χ4v) is 2.58. The maximum atomic E-state index is 12.0. The molecule has 0 radical (unpaired) electrons. The van der Waals surface area contributed by atoms with Crippen molar-refractivity contribution < 1.29 is 14.3 Å². The first-order valence-corrected chi connectivity index (χ1v) is 8.21. The van der Waals surface area contributed by atoms with E-state index in [1.54, 1.807) is 0 Å². The molecule has 0 bridgehead atoms. The summed E-state index contributed by atoms with van der Waals surface area (Å²) in [7, 11) is 0. The molecule has 3 rings (SSSR count). The number of carbonyl (C=O) groups excluding carboxylic acids is 1. The maximum Gasteiger partial charge on any atom is 0.319 e. The summed E-state index contributed by atoms with van der Waals surface area (Å²) in [5.41, 5.74) is 1.76. The van der Waals surface area contributed by atoms with Gasteiger partial charge in [0, 0.05) is 43.7 Å². The lowest BCUT2D eigenvalue weighted by Gasteiger charge is -2.15. The van der Waals surface area contributed by atoms with Crippen molar-refractivity contribution in [2.45, 2.75) is 26.0 Å². The van der Waals surface area contributed by atoms with E-state index < -0.39 is 0 Å². The number of amides is 2. The van der Waals surface area contributed by atoms with E-state index in [1.165, 1.54) is 0 Å². The van der Waals surface area contributed by atoms with Gasteiger partial charge in [-0.2, -0.15) is 0 Å². The standard InChI is InChI=1S/C18H23N3O3/c1-14-4-5-15(12-17(14)24-16-6-11-23-13-16)20-18(22)19-7-10-21-8-2-3-9-21/h2-5,8-9,12,16H,6-7,10-11,13H2,1H3,(H2,19,20,22)/t16-/m1/s1. The molecule has 1 aliphatic rings. The Hall–Kier alpha value is -2.47. The molecule has 1 atom stereocenters. The normalized spacial score (nSPS) is 16.8. The third-order valence-corrected chi connectivity index (χ3v) is 3.95. The Balaban J connectivity index is 1.51. The van der Waals surface area contributed by atoms with Crippen LogP contribution in [0.15, 0.2) is 42.7 Å². The van der Waals surface area contributed by atoms with Crippen molar-refractivity contribution in [3.63, 3.8) is 0 Å². The summed E-state index contributed by atoms with van der Waals surface area (Å²) in [5.74, 6) is 0.788. The Labute approximate surface area is 141 Å². The quantitative estimate of drug-likeness (QED) is 0.856. The summed E-state index contributed by atoms with van der Waals surface area (Å²) >= 11 is 0. The number of aromatic nitrogens is 1. The van der Waals surface area contributed by atoms with Crippen molar-refractivity contribution >= 4 is 11.7 Å². The monoisotopic (exact) mass is 329 g/mol. The van der Waals surface area contributed by atoms with Crippen LogP contribution in [0.1, 0.15) is 12.0 Å². The highest BCUT2D eigenvalue weighted by Crippen LogP contribution is 2.25. The molecule has 0 aliphatic carbocycles. The minimum Gasteiger partial charge on any atom is -0.488 e. The summed E-state index contributed by atoms with van der Waals surface area (Å²) in [5, 5.41) is 5.69. The van der Waals surface area contributed by atoms with E-state index >= 15 is 0 Å². The largest absolute Gasteiger partial charge is 0.488 e. The van der Waals surface area contributed by atoms with Crippen molar-refractivity contribution in [2.24, 2.45) is 0 Å². The number of hydrogen-bond donors (Lipinski definition) is 2. The van der Waals surface area contributed by atoms with Gasteiger partial charge >= 0.3 is 6.03 Å². The molecule has 0 spiro atoms. The predicted octanol–water partition coefficient (Wildman–Crippen LogP) is 2.79. The van der Waals surface area contributed by atoms with Crippen LogP contribution in [-0.2, 0) is 11.3 Å². The second-order valence-corrected chi connectivity index (χ2v) is 5.89. The van der Waals surface area contributed by atoms with E-state index in [0.29, 0.717) is 18.8 Å². The number of ether oxygens (including phenoxy) is 2. The average molecular weight is 329 g/mol. The first-order valence-electron chi connectivity index (χ1n) is 8.21. The molecule has 6 nitrogen and oxygen atoms in total. The Morgan fingerprint density at radius 2 is 2.21 bits per heavy atom. The summed E-state index contributed by atoms with van der Waals surface area (Å²) in [6.45, 7) is 4.66. The molecule has 2 aromatic rings. The first kappa shape index (κ1) is 16.4. The van der Waals surface area contributed by atoms with Crippen LogP contribution < -0.4 is 15.4 Å². The minimum atomic E-state index is -0.221. The molecule has 6 heteroatoms. The maximum absolute atomic E-state index is 12.0. The number of nitrogens with zero attached hydrogens (tertiary/aromatic N) is 1. The third kappa shape index (κ3) is 4.52. The second-order valence-electron chi connectivity index (χ2n) is 5.89. The number of nitrogens with one attached hydrogen (secondary N) is 2. The van der Waals surface area contributed by atoms with Gasteiger partial charge in [-0.3, -0.25) is 0 Å². The van der Waals surface area contributed by atoms with Crippen LogP contribution in [0.4, 0.5) is 10.5 Å². The highest BCUT2D eigenvalue weighted by atomic mass is 16.5. The number of rotatable bonds is 6. The lowest BCUT2D eigenvalue weighted by molar-refractivity contribution is 0.141. The van der Waals surface area contributed by atoms with Gasteiger partial charge in [0.05, 0.1) is 13.2 Å². The molecule has 1 saturated heterocycles. The van der Waals surface area contributed by atoms with Gasteiger partial charge in [0.25, 0.3) is 0 Å². The lowest BCUT2D eigenvalue weighted by Crippen LogP contribution is -2.31. The number of urea groups is 1. The Morgan fingerprint density at radius 3 is 2.96 bits per heavy atom. The van der Waals surface area contributed by atoms with E-state index in [-0.39, 0.29) is 12.1 Å². The Kier molecular flexibility index (Phi) is 5.38. The molecule has 1 aromatic carbocycles. The fraction of sp³-hybridized carbons (Fsp3) is 0.389. The van der Waals surface area contributed by atoms with E-state index in [9.17, 15) is 4.79 Å². The molecule has 2 amide bonds. The molecule has 24 heavy (non-hydrogen) atoms. The summed E-state index contributed by atoms with van der Waals surface area (Å²) in [6.07, 6.45) is 4.93. The topological polar surface area (TPSA) is 64.5 Å². The lowest BCUT2D eigenvalue weighted by atomic mass is 10.2. The second kappa shape index (κ2) is 7.88. The van der Waals surface area contributed by atoms with Gasteiger partial charge in [-0.1, -0.05) is 6.07 Å². The SMILES string of the molecule is Cc1ccc(NC(=O)NCCn2cccc2)cc1O[C@@H]1CCOC1. The number of carbonyl (C=O) groups is 1. The van der Waals surface area contributed by atoms with E-state index in [4.69, 9.17) is 9.47 Å². The molecule has 0 unspecified atom stereocenters. The Bertz CT molecular complexity index is 664. The molecule has 128 valence electrons. The fourth-order valence-electron chi connectivity index (χ4n) is 2.58. The molecular weight excluding hydrogens is 306 g/mol. The van der Waals surface area contributed by atoms with Gasteiger partial charge < -0.3 is 24.7 Å². The van der Waals surface area contributed by atoms with Crippen molar-refractivity contribution in [1.82, 2.24) is 9.88 Å².